The predicted octanol–water partition coefficient (Wildman–Crippen LogP) is 1.32. The number of hydrogen-bond acceptors (Lipinski definition) is 5. The molecule has 0 unspecified atom stereocenters. The number of carbonyl (C=O) groups excluding carboxylic acids is 1. The van der Waals surface area contributed by atoms with Crippen molar-refractivity contribution in [3.63, 3.8) is 0 Å². The molecule has 22 heavy (non-hydrogen) atoms. The number of amides is 2. The smallest absolute Gasteiger partial charge is 0.319 e. The van der Waals surface area contributed by atoms with Gasteiger partial charge in [0.2, 0.25) is 5.88 Å². The van der Waals surface area contributed by atoms with E-state index < -0.39 is 0 Å². The fourth-order valence-corrected chi connectivity index (χ4v) is 2.23. The van der Waals surface area contributed by atoms with Gasteiger partial charge in [-0.3, -0.25) is 4.90 Å². The van der Waals surface area contributed by atoms with Crippen molar-refractivity contribution >= 4 is 11.7 Å². The number of aromatic nitrogens is 1. The van der Waals surface area contributed by atoms with Gasteiger partial charge in [0.25, 0.3) is 0 Å². The fraction of sp³-hybridized carbons (Fsp3) is 0.600. The van der Waals surface area contributed by atoms with E-state index in [1.165, 1.54) is 0 Å². The summed E-state index contributed by atoms with van der Waals surface area (Å²) in [5, 5.41) is 5.61. The summed E-state index contributed by atoms with van der Waals surface area (Å²) in [5.41, 5.74) is 0.579. The Kier molecular flexibility index (Phi) is 6.92. The first kappa shape index (κ1) is 16.5. The van der Waals surface area contributed by atoms with Crippen molar-refractivity contribution in [3.8, 4) is 5.88 Å². The maximum atomic E-state index is 11.9. The van der Waals surface area contributed by atoms with Gasteiger partial charge >= 0.3 is 6.03 Å². The Hall–Kier alpha value is -1.86. The molecule has 122 valence electrons. The molecular weight excluding hydrogens is 284 g/mol. The molecule has 7 nitrogen and oxygen atoms in total. The number of pyridine rings is 1. The number of nitrogens with one attached hydrogen (secondary N) is 2. The quantitative estimate of drug-likeness (QED) is 0.743. The minimum Gasteiger partial charge on any atom is -0.476 e. The summed E-state index contributed by atoms with van der Waals surface area (Å²) >= 11 is 0. The highest BCUT2D eigenvalue weighted by Gasteiger charge is 2.10. The maximum absolute atomic E-state index is 11.9. The summed E-state index contributed by atoms with van der Waals surface area (Å²) in [6.45, 7) is 7.54. The monoisotopic (exact) mass is 308 g/mol. The zero-order valence-electron chi connectivity index (χ0n) is 13.0. The van der Waals surface area contributed by atoms with E-state index in [9.17, 15) is 4.79 Å². The van der Waals surface area contributed by atoms with Crippen LogP contribution in [0.2, 0.25) is 0 Å². The van der Waals surface area contributed by atoms with Crippen molar-refractivity contribution in [2.75, 3.05) is 51.3 Å². The molecule has 1 fully saturated rings. The molecule has 7 heteroatoms. The van der Waals surface area contributed by atoms with E-state index in [-0.39, 0.29) is 6.03 Å². The number of morpholine rings is 1. The van der Waals surface area contributed by atoms with E-state index in [1.807, 2.05) is 6.92 Å². The Labute approximate surface area is 131 Å². The van der Waals surface area contributed by atoms with Gasteiger partial charge in [0, 0.05) is 25.8 Å². The van der Waals surface area contributed by atoms with Crippen LogP contribution in [0.25, 0.3) is 0 Å². The molecule has 2 heterocycles. The molecule has 0 radical (unpaired) electrons. The number of rotatable bonds is 7. The van der Waals surface area contributed by atoms with Crippen LogP contribution < -0.4 is 15.4 Å². The van der Waals surface area contributed by atoms with Crippen LogP contribution in [-0.4, -0.2) is 61.9 Å². The van der Waals surface area contributed by atoms with Gasteiger partial charge in [0.1, 0.15) is 5.69 Å². The average Bonchev–Trinajstić information content (AvgIpc) is 2.55. The summed E-state index contributed by atoms with van der Waals surface area (Å²) in [4.78, 5) is 18.3. The Balaban J connectivity index is 1.67. The third kappa shape index (κ3) is 5.50. The van der Waals surface area contributed by atoms with Gasteiger partial charge in [-0.05, 0) is 32.0 Å². The molecule has 2 rings (SSSR count). The van der Waals surface area contributed by atoms with Gasteiger partial charge < -0.3 is 20.1 Å². The second-order valence-electron chi connectivity index (χ2n) is 4.98. The first-order valence-electron chi connectivity index (χ1n) is 7.72. The molecule has 0 aliphatic carbocycles. The molecule has 1 aliphatic heterocycles. The van der Waals surface area contributed by atoms with Gasteiger partial charge in [-0.1, -0.05) is 0 Å². The minimum absolute atomic E-state index is 0.240. The van der Waals surface area contributed by atoms with Crippen LogP contribution >= 0.6 is 0 Å². The molecular formula is C15H24N4O3. The van der Waals surface area contributed by atoms with Crippen LogP contribution in [-0.2, 0) is 4.74 Å². The summed E-state index contributed by atoms with van der Waals surface area (Å²) in [5.74, 6) is 0.438. The van der Waals surface area contributed by atoms with Crippen molar-refractivity contribution in [2.45, 2.75) is 13.3 Å². The molecule has 2 N–H and O–H groups in total. The maximum Gasteiger partial charge on any atom is 0.319 e. The first-order valence-corrected chi connectivity index (χ1v) is 7.72. The highest BCUT2D eigenvalue weighted by atomic mass is 16.5. The van der Waals surface area contributed by atoms with Gasteiger partial charge in [0.15, 0.2) is 0 Å². The molecule has 0 aromatic carbocycles. The summed E-state index contributed by atoms with van der Waals surface area (Å²) in [6.07, 6.45) is 2.55. The molecule has 1 aromatic heterocycles. The Morgan fingerprint density at radius 3 is 3.05 bits per heavy atom. The van der Waals surface area contributed by atoms with Crippen LogP contribution in [0.3, 0.4) is 0 Å². The second-order valence-corrected chi connectivity index (χ2v) is 4.98. The number of ether oxygens (including phenoxy) is 2. The minimum atomic E-state index is -0.240. The first-order chi connectivity index (χ1) is 10.8. The number of nitrogens with zero attached hydrogens (tertiary/aromatic N) is 2. The third-order valence-electron chi connectivity index (χ3n) is 3.34. The molecule has 1 aromatic rings. The highest BCUT2D eigenvalue weighted by molar-refractivity contribution is 5.90. The molecule has 0 bridgehead atoms. The van der Waals surface area contributed by atoms with Gasteiger partial charge in [0.05, 0.1) is 19.8 Å². The van der Waals surface area contributed by atoms with Crippen molar-refractivity contribution in [1.29, 1.82) is 0 Å². The fourth-order valence-electron chi connectivity index (χ4n) is 2.23. The SMILES string of the molecule is CCOc1ncccc1NC(=O)NCCCN1CCOCC1. The molecule has 0 atom stereocenters. The molecule has 1 saturated heterocycles. The van der Waals surface area contributed by atoms with E-state index in [0.29, 0.717) is 24.7 Å². The summed E-state index contributed by atoms with van der Waals surface area (Å²) in [6, 6.07) is 3.29. The lowest BCUT2D eigenvalue weighted by Crippen LogP contribution is -2.38. The largest absolute Gasteiger partial charge is 0.476 e. The molecule has 1 aliphatic rings. The zero-order chi connectivity index (χ0) is 15.6. The summed E-state index contributed by atoms with van der Waals surface area (Å²) in [7, 11) is 0. The van der Waals surface area contributed by atoms with Crippen molar-refractivity contribution < 1.29 is 14.3 Å². The van der Waals surface area contributed by atoms with E-state index in [1.54, 1.807) is 18.3 Å². The second kappa shape index (κ2) is 9.22. The molecule has 0 spiro atoms. The van der Waals surface area contributed by atoms with E-state index in [0.717, 1.165) is 39.3 Å². The van der Waals surface area contributed by atoms with E-state index in [4.69, 9.17) is 9.47 Å². The molecule has 2 amide bonds. The van der Waals surface area contributed by atoms with Crippen molar-refractivity contribution in [2.24, 2.45) is 0 Å². The topological polar surface area (TPSA) is 75.7 Å². The highest BCUT2D eigenvalue weighted by Crippen LogP contribution is 2.19. The Morgan fingerprint density at radius 2 is 2.27 bits per heavy atom. The normalized spacial score (nSPS) is 15.3. The van der Waals surface area contributed by atoms with Gasteiger partial charge in [-0.15, -0.1) is 0 Å². The van der Waals surface area contributed by atoms with Crippen LogP contribution in [0.15, 0.2) is 18.3 Å². The standard InChI is InChI=1S/C15H24N4O3/c1-2-22-14-13(5-3-6-16-14)18-15(20)17-7-4-8-19-9-11-21-12-10-19/h3,5-6H,2,4,7-12H2,1H3,(H2,17,18,20). The van der Waals surface area contributed by atoms with E-state index >= 15 is 0 Å². The van der Waals surface area contributed by atoms with Crippen LogP contribution in [0, 0.1) is 0 Å². The Bertz CT molecular complexity index is 464. The Morgan fingerprint density at radius 1 is 1.45 bits per heavy atom. The van der Waals surface area contributed by atoms with Gasteiger partial charge in [-0.2, -0.15) is 0 Å². The average molecular weight is 308 g/mol. The van der Waals surface area contributed by atoms with E-state index in [2.05, 4.69) is 20.5 Å². The number of carbonyl (C=O) groups is 1. The number of urea groups is 1. The van der Waals surface area contributed by atoms with Crippen LogP contribution in [0.4, 0.5) is 10.5 Å². The van der Waals surface area contributed by atoms with Crippen LogP contribution in [0.5, 0.6) is 5.88 Å². The van der Waals surface area contributed by atoms with Crippen molar-refractivity contribution in [1.82, 2.24) is 15.2 Å². The lowest BCUT2D eigenvalue weighted by molar-refractivity contribution is 0.0375. The number of hydrogen-bond donors (Lipinski definition) is 2. The van der Waals surface area contributed by atoms with Crippen LogP contribution in [0.1, 0.15) is 13.3 Å². The zero-order valence-corrected chi connectivity index (χ0v) is 13.0. The number of anilines is 1. The summed E-state index contributed by atoms with van der Waals surface area (Å²) < 4.78 is 10.7. The predicted molar refractivity (Wildman–Crippen MR) is 84.3 cm³/mol. The molecule has 0 saturated carbocycles. The lowest BCUT2D eigenvalue weighted by atomic mass is 10.3. The third-order valence-corrected chi connectivity index (χ3v) is 3.34. The van der Waals surface area contributed by atoms with Gasteiger partial charge in [-0.25, -0.2) is 9.78 Å². The van der Waals surface area contributed by atoms with Crippen molar-refractivity contribution in [3.05, 3.63) is 18.3 Å². The lowest BCUT2D eigenvalue weighted by Gasteiger charge is -2.26.